The third-order valence-corrected chi connectivity index (χ3v) is 8.36. The molecule has 0 amide bonds. The van der Waals surface area contributed by atoms with E-state index < -0.39 is 9.73 Å². The molecule has 3 N–H and O–H groups in total. The maximum Gasteiger partial charge on any atom is 0.229 e. The van der Waals surface area contributed by atoms with Gasteiger partial charge >= 0.3 is 0 Å². The van der Waals surface area contributed by atoms with Crippen LogP contribution < -0.4 is 10.6 Å². The molecule has 3 aromatic rings. The summed E-state index contributed by atoms with van der Waals surface area (Å²) in [6.07, 6.45) is 3.45. The molecule has 11 heteroatoms. The summed E-state index contributed by atoms with van der Waals surface area (Å²) in [5, 5.41) is 17.9. The summed E-state index contributed by atoms with van der Waals surface area (Å²) in [5.74, 6) is 1.08. The second-order valence-corrected chi connectivity index (χ2v) is 11.7. The van der Waals surface area contributed by atoms with Crippen molar-refractivity contribution in [2.75, 3.05) is 62.9 Å². The second kappa shape index (κ2) is 11.9. The molecule has 9 nitrogen and oxygen atoms in total. The summed E-state index contributed by atoms with van der Waals surface area (Å²) in [7, 11) is -2.48. The molecule has 1 unspecified atom stereocenters. The molecule has 0 bridgehead atoms. The monoisotopic (exact) mass is 516 g/mol. The van der Waals surface area contributed by atoms with Gasteiger partial charge in [-0.1, -0.05) is 6.07 Å². The van der Waals surface area contributed by atoms with Crippen LogP contribution in [0.15, 0.2) is 57.2 Å². The molecule has 35 heavy (non-hydrogen) atoms. The number of anilines is 3. The SMILES string of the molecule is C[C@H](CO)Nc1nc(Nc2ccc(S(C)(=O)=NCCN3CCOCC3)cc2)ncc1-c1cccs1. The maximum atomic E-state index is 13.1. The van der Waals surface area contributed by atoms with Gasteiger partial charge in [0.25, 0.3) is 0 Å². The van der Waals surface area contributed by atoms with Crippen LogP contribution in [0.1, 0.15) is 6.92 Å². The van der Waals surface area contributed by atoms with Crippen LogP contribution in [0.4, 0.5) is 17.5 Å². The number of hydrogen-bond donors (Lipinski definition) is 3. The van der Waals surface area contributed by atoms with E-state index in [4.69, 9.17) is 4.74 Å². The molecule has 2 atom stereocenters. The lowest BCUT2D eigenvalue weighted by Crippen LogP contribution is -2.37. The Morgan fingerprint density at radius 3 is 2.71 bits per heavy atom. The number of hydrogen-bond acceptors (Lipinski definition) is 10. The first-order valence-corrected chi connectivity index (χ1v) is 14.4. The minimum absolute atomic E-state index is 0.00803. The Morgan fingerprint density at radius 2 is 2.03 bits per heavy atom. The summed E-state index contributed by atoms with van der Waals surface area (Å²) in [5.41, 5.74) is 1.66. The van der Waals surface area contributed by atoms with Gasteiger partial charge in [-0.25, -0.2) is 13.6 Å². The van der Waals surface area contributed by atoms with Crippen LogP contribution in [-0.4, -0.2) is 82.5 Å². The fraction of sp³-hybridized carbons (Fsp3) is 0.417. The Bertz CT molecular complexity index is 1200. The van der Waals surface area contributed by atoms with E-state index in [9.17, 15) is 9.32 Å². The Balaban J connectivity index is 1.45. The Morgan fingerprint density at radius 1 is 1.26 bits per heavy atom. The van der Waals surface area contributed by atoms with Gasteiger partial charge in [0.1, 0.15) is 5.82 Å². The minimum atomic E-state index is -2.48. The number of ether oxygens (including phenoxy) is 1. The van der Waals surface area contributed by atoms with Crippen molar-refractivity contribution in [3.8, 4) is 10.4 Å². The van der Waals surface area contributed by atoms with Crippen molar-refractivity contribution in [3.63, 3.8) is 0 Å². The zero-order valence-electron chi connectivity index (χ0n) is 20.0. The van der Waals surface area contributed by atoms with Crippen LogP contribution in [0.5, 0.6) is 0 Å². The molecule has 0 aliphatic carbocycles. The van der Waals surface area contributed by atoms with E-state index in [2.05, 4.69) is 29.9 Å². The normalized spacial score (nSPS) is 16.9. The predicted octanol–water partition coefficient (Wildman–Crippen LogP) is 3.53. The molecule has 0 radical (unpaired) electrons. The van der Waals surface area contributed by atoms with Gasteiger partial charge in [-0.15, -0.1) is 11.3 Å². The molecule has 0 spiro atoms. The zero-order valence-corrected chi connectivity index (χ0v) is 21.6. The summed E-state index contributed by atoms with van der Waals surface area (Å²) in [6.45, 7) is 6.48. The lowest BCUT2D eigenvalue weighted by molar-refractivity contribution is 0.0395. The molecule has 1 aliphatic heterocycles. The Hall–Kier alpha value is -2.57. The van der Waals surface area contributed by atoms with Gasteiger partial charge in [0.2, 0.25) is 5.95 Å². The number of aliphatic hydroxyl groups excluding tert-OH is 1. The fourth-order valence-corrected chi connectivity index (χ4v) is 5.58. The first-order valence-electron chi connectivity index (χ1n) is 11.6. The van der Waals surface area contributed by atoms with Crippen molar-refractivity contribution in [2.24, 2.45) is 4.36 Å². The molecule has 1 aromatic carbocycles. The molecule has 1 aliphatic rings. The molecule has 188 valence electrons. The van der Waals surface area contributed by atoms with E-state index in [0.29, 0.717) is 23.2 Å². The lowest BCUT2D eigenvalue weighted by atomic mass is 10.2. The molecular weight excluding hydrogens is 484 g/mol. The van der Waals surface area contributed by atoms with Gasteiger partial charge in [0.05, 0.1) is 41.7 Å². The van der Waals surface area contributed by atoms with Crippen LogP contribution in [0, 0.1) is 0 Å². The van der Waals surface area contributed by atoms with Crippen molar-refractivity contribution < 1.29 is 14.1 Å². The van der Waals surface area contributed by atoms with Crippen LogP contribution in [0.25, 0.3) is 10.4 Å². The molecule has 1 fully saturated rings. The average molecular weight is 517 g/mol. The summed E-state index contributed by atoms with van der Waals surface area (Å²) >= 11 is 1.60. The third kappa shape index (κ3) is 6.98. The van der Waals surface area contributed by atoms with E-state index in [1.54, 1.807) is 23.8 Å². The number of rotatable bonds is 10. The largest absolute Gasteiger partial charge is 0.394 e. The summed E-state index contributed by atoms with van der Waals surface area (Å²) in [4.78, 5) is 13.1. The number of nitrogens with zero attached hydrogens (tertiary/aromatic N) is 4. The number of benzene rings is 1. The molecule has 4 rings (SSSR count). The van der Waals surface area contributed by atoms with Gasteiger partial charge in [0, 0.05) is 53.6 Å². The van der Waals surface area contributed by atoms with E-state index in [0.717, 1.165) is 49.0 Å². The average Bonchev–Trinajstić information content (AvgIpc) is 3.40. The minimum Gasteiger partial charge on any atom is -0.394 e. The highest BCUT2D eigenvalue weighted by Crippen LogP contribution is 2.31. The van der Waals surface area contributed by atoms with Crippen molar-refractivity contribution >= 4 is 38.5 Å². The summed E-state index contributed by atoms with van der Waals surface area (Å²) < 4.78 is 23.0. The second-order valence-electron chi connectivity index (χ2n) is 8.42. The first-order chi connectivity index (χ1) is 16.9. The highest BCUT2D eigenvalue weighted by atomic mass is 32.2. The van der Waals surface area contributed by atoms with E-state index in [1.165, 1.54) is 0 Å². The van der Waals surface area contributed by atoms with Gasteiger partial charge < -0.3 is 20.5 Å². The maximum absolute atomic E-state index is 13.1. The standard InChI is InChI=1S/C24H32N6O3S2/c1-18(17-31)27-23-21(22-4-3-15-34-22)16-25-24(29-23)28-19-5-7-20(8-6-19)35(2,32)26-9-10-30-11-13-33-14-12-30/h3-8,15-16,18,31H,9-14,17H2,1-2H3,(H2,25,27,28,29)/t18-,35?/m1/s1. The van der Waals surface area contributed by atoms with Crippen molar-refractivity contribution in [1.29, 1.82) is 0 Å². The van der Waals surface area contributed by atoms with E-state index in [-0.39, 0.29) is 12.6 Å². The van der Waals surface area contributed by atoms with E-state index in [1.807, 2.05) is 48.7 Å². The first kappa shape index (κ1) is 25.5. The van der Waals surface area contributed by atoms with Gasteiger partial charge in [-0.05, 0) is 42.6 Å². The smallest absolute Gasteiger partial charge is 0.229 e. The molecule has 1 saturated heterocycles. The molecule has 0 saturated carbocycles. The lowest BCUT2D eigenvalue weighted by Gasteiger charge is -2.25. The van der Waals surface area contributed by atoms with Crippen molar-refractivity contribution in [1.82, 2.24) is 14.9 Å². The molecule has 2 aromatic heterocycles. The number of morpholine rings is 1. The topological polar surface area (TPSA) is 112 Å². The fourth-order valence-electron chi connectivity index (χ4n) is 3.62. The molecular formula is C24H32N6O3S2. The van der Waals surface area contributed by atoms with Gasteiger partial charge in [0.15, 0.2) is 0 Å². The number of thiophene rings is 1. The van der Waals surface area contributed by atoms with Gasteiger partial charge in [-0.3, -0.25) is 4.90 Å². The number of aromatic nitrogens is 2. The summed E-state index contributed by atoms with van der Waals surface area (Å²) in [6, 6.07) is 11.2. The zero-order chi connectivity index (χ0) is 24.7. The highest BCUT2D eigenvalue weighted by Gasteiger charge is 2.14. The Labute approximate surface area is 210 Å². The quantitative estimate of drug-likeness (QED) is 0.375. The van der Waals surface area contributed by atoms with Crippen molar-refractivity contribution in [2.45, 2.75) is 17.9 Å². The number of nitrogens with one attached hydrogen (secondary N) is 2. The van der Waals surface area contributed by atoms with Crippen molar-refractivity contribution in [3.05, 3.63) is 48.0 Å². The van der Waals surface area contributed by atoms with Crippen LogP contribution in [0.2, 0.25) is 0 Å². The number of aliphatic hydroxyl groups is 1. The van der Waals surface area contributed by atoms with Crippen LogP contribution >= 0.6 is 11.3 Å². The van der Waals surface area contributed by atoms with Gasteiger partial charge in [-0.2, -0.15) is 4.98 Å². The van der Waals surface area contributed by atoms with Crippen LogP contribution in [-0.2, 0) is 14.5 Å². The predicted molar refractivity (Wildman–Crippen MR) is 142 cm³/mol. The third-order valence-electron chi connectivity index (χ3n) is 5.64. The van der Waals surface area contributed by atoms with Crippen LogP contribution in [0.3, 0.4) is 0 Å². The van der Waals surface area contributed by atoms with E-state index >= 15 is 0 Å². The highest BCUT2D eigenvalue weighted by molar-refractivity contribution is 7.93. The molecule has 3 heterocycles. The Kier molecular flexibility index (Phi) is 8.69.